The molecule has 2 heterocycles. The van der Waals surface area contributed by atoms with E-state index in [0.29, 0.717) is 12.1 Å². The maximum atomic E-state index is 5.26. The molecule has 0 spiro atoms. The summed E-state index contributed by atoms with van der Waals surface area (Å²) < 4.78 is 7.36. The van der Waals surface area contributed by atoms with Crippen molar-refractivity contribution in [3.63, 3.8) is 0 Å². The number of ether oxygens (including phenoxy) is 1. The second-order valence-corrected chi connectivity index (χ2v) is 4.35. The van der Waals surface area contributed by atoms with Crippen molar-refractivity contribution in [3.8, 4) is 0 Å². The summed E-state index contributed by atoms with van der Waals surface area (Å²) >= 11 is 0. The highest BCUT2D eigenvalue weighted by molar-refractivity contribution is 5.26. The van der Waals surface area contributed by atoms with Crippen LogP contribution in [0.1, 0.15) is 36.8 Å². The van der Waals surface area contributed by atoms with E-state index in [1.165, 1.54) is 11.3 Å². The van der Waals surface area contributed by atoms with Gasteiger partial charge in [0, 0.05) is 18.2 Å². The molecule has 78 valence electrons. The highest BCUT2D eigenvalue weighted by atomic mass is 16.6. The van der Waals surface area contributed by atoms with Crippen molar-refractivity contribution in [2.45, 2.75) is 46.3 Å². The molecular weight excluding hydrogens is 176 g/mol. The average molecular weight is 194 g/mol. The minimum absolute atomic E-state index is 0.447. The third-order valence-electron chi connectivity index (χ3n) is 2.80. The third kappa shape index (κ3) is 1.69. The van der Waals surface area contributed by atoms with Gasteiger partial charge in [0.2, 0.25) is 0 Å². The maximum Gasteiger partial charge on any atom is 0.0851 e. The average Bonchev–Trinajstić information content (AvgIpc) is 2.87. The Balaban J connectivity index is 2.28. The van der Waals surface area contributed by atoms with Crippen LogP contribution < -0.4 is 0 Å². The van der Waals surface area contributed by atoms with E-state index in [-0.39, 0.29) is 0 Å². The molecule has 1 aliphatic heterocycles. The van der Waals surface area contributed by atoms with E-state index in [2.05, 4.69) is 37.5 Å². The van der Waals surface area contributed by atoms with Crippen molar-refractivity contribution in [2.24, 2.45) is 0 Å². The Morgan fingerprint density at radius 1 is 1.50 bits per heavy atom. The third-order valence-corrected chi connectivity index (χ3v) is 2.80. The second-order valence-electron chi connectivity index (χ2n) is 4.35. The first-order valence-electron chi connectivity index (χ1n) is 5.25. The first-order chi connectivity index (χ1) is 6.59. The van der Waals surface area contributed by atoms with Crippen molar-refractivity contribution >= 4 is 0 Å². The minimum Gasteiger partial charge on any atom is -0.373 e. The molecule has 0 aromatic carbocycles. The molecule has 0 saturated carbocycles. The molecule has 14 heavy (non-hydrogen) atoms. The van der Waals surface area contributed by atoms with Gasteiger partial charge in [-0.1, -0.05) is 0 Å². The molecule has 0 amide bonds. The summed E-state index contributed by atoms with van der Waals surface area (Å²) in [5, 5.41) is 4.55. The van der Waals surface area contributed by atoms with Gasteiger partial charge < -0.3 is 4.74 Å². The van der Waals surface area contributed by atoms with E-state index in [1.54, 1.807) is 0 Å². The molecule has 1 fully saturated rings. The lowest BCUT2D eigenvalue weighted by Gasteiger charge is -2.08. The molecule has 1 aromatic rings. The highest BCUT2D eigenvalue weighted by Gasteiger charge is 2.26. The molecule has 1 aliphatic rings. The molecule has 1 atom stereocenters. The lowest BCUT2D eigenvalue weighted by atomic mass is 10.1. The van der Waals surface area contributed by atoms with E-state index in [4.69, 9.17) is 4.74 Å². The normalized spacial score (nSPS) is 20.5. The first kappa shape index (κ1) is 9.71. The smallest absolute Gasteiger partial charge is 0.0851 e. The number of rotatable bonds is 3. The molecule has 3 heteroatoms. The Labute approximate surface area is 85.1 Å². The first-order valence-corrected chi connectivity index (χ1v) is 5.25. The van der Waals surface area contributed by atoms with Gasteiger partial charge in [0.05, 0.1) is 18.4 Å². The Morgan fingerprint density at radius 3 is 2.57 bits per heavy atom. The van der Waals surface area contributed by atoms with Crippen LogP contribution in [0.4, 0.5) is 0 Å². The second kappa shape index (κ2) is 3.39. The molecule has 0 aliphatic carbocycles. The summed E-state index contributed by atoms with van der Waals surface area (Å²) in [6.45, 7) is 9.49. The Kier molecular flexibility index (Phi) is 2.35. The predicted octanol–water partition coefficient (Wildman–Crippen LogP) is 2.02. The number of epoxide rings is 1. The Hall–Kier alpha value is -0.830. The largest absolute Gasteiger partial charge is 0.373 e. The number of hydrogen-bond donors (Lipinski definition) is 0. The van der Waals surface area contributed by atoms with Crippen molar-refractivity contribution in [1.82, 2.24) is 9.78 Å². The van der Waals surface area contributed by atoms with Crippen LogP contribution in [0.3, 0.4) is 0 Å². The summed E-state index contributed by atoms with van der Waals surface area (Å²) in [5.41, 5.74) is 3.83. The van der Waals surface area contributed by atoms with E-state index in [0.717, 1.165) is 18.7 Å². The fourth-order valence-electron chi connectivity index (χ4n) is 1.91. The highest BCUT2D eigenvalue weighted by Crippen LogP contribution is 2.23. The zero-order valence-corrected chi connectivity index (χ0v) is 9.37. The van der Waals surface area contributed by atoms with Gasteiger partial charge in [-0.3, -0.25) is 4.68 Å². The molecule has 1 aromatic heterocycles. The lowest BCUT2D eigenvalue weighted by molar-refractivity contribution is 0.407. The van der Waals surface area contributed by atoms with Crippen LogP contribution in [0.5, 0.6) is 0 Å². The van der Waals surface area contributed by atoms with Crippen molar-refractivity contribution in [2.75, 3.05) is 6.61 Å². The van der Waals surface area contributed by atoms with E-state index < -0.39 is 0 Å². The van der Waals surface area contributed by atoms with Crippen LogP contribution in [0.15, 0.2) is 0 Å². The lowest BCUT2D eigenvalue weighted by Crippen LogP contribution is -2.05. The van der Waals surface area contributed by atoms with Crippen molar-refractivity contribution in [1.29, 1.82) is 0 Å². The molecule has 1 saturated heterocycles. The monoisotopic (exact) mass is 194 g/mol. The van der Waals surface area contributed by atoms with Gasteiger partial charge in [-0.05, 0) is 33.3 Å². The van der Waals surface area contributed by atoms with Crippen molar-refractivity contribution in [3.05, 3.63) is 17.0 Å². The zero-order valence-electron chi connectivity index (χ0n) is 9.37. The maximum absolute atomic E-state index is 5.26. The number of aryl methyl sites for hydroxylation is 1. The van der Waals surface area contributed by atoms with Crippen LogP contribution >= 0.6 is 0 Å². The quantitative estimate of drug-likeness (QED) is 0.689. The molecule has 0 N–H and O–H groups in total. The van der Waals surface area contributed by atoms with Crippen LogP contribution in [0.2, 0.25) is 0 Å². The SMILES string of the molecule is Cc1nn(C(C)C)c(C)c1CC1CO1. The number of aromatic nitrogens is 2. The summed E-state index contributed by atoms with van der Waals surface area (Å²) in [4.78, 5) is 0. The molecule has 3 nitrogen and oxygen atoms in total. The van der Waals surface area contributed by atoms with Crippen LogP contribution in [0.25, 0.3) is 0 Å². The van der Waals surface area contributed by atoms with Crippen LogP contribution in [-0.2, 0) is 11.2 Å². The predicted molar refractivity (Wildman–Crippen MR) is 55.5 cm³/mol. The summed E-state index contributed by atoms with van der Waals surface area (Å²) in [6.07, 6.45) is 1.49. The van der Waals surface area contributed by atoms with E-state index in [9.17, 15) is 0 Å². The van der Waals surface area contributed by atoms with Gasteiger partial charge in [-0.2, -0.15) is 5.10 Å². The molecule has 1 unspecified atom stereocenters. The fourth-order valence-corrected chi connectivity index (χ4v) is 1.91. The van der Waals surface area contributed by atoms with Gasteiger partial charge in [0.1, 0.15) is 0 Å². The van der Waals surface area contributed by atoms with Crippen LogP contribution in [0, 0.1) is 13.8 Å². The summed E-state index contributed by atoms with van der Waals surface area (Å²) in [6, 6.07) is 0.447. The summed E-state index contributed by atoms with van der Waals surface area (Å²) in [7, 11) is 0. The molecule has 0 bridgehead atoms. The molecular formula is C11H18N2O. The molecule has 0 radical (unpaired) electrons. The number of nitrogens with zero attached hydrogens (tertiary/aromatic N) is 2. The van der Waals surface area contributed by atoms with Crippen molar-refractivity contribution < 1.29 is 4.74 Å². The minimum atomic E-state index is 0.447. The van der Waals surface area contributed by atoms with Gasteiger partial charge >= 0.3 is 0 Å². The Morgan fingerprint density at radius 2 is 2.14 bits per heavy atom. The number of hydrogen-bond acceptors (Lipinski definition) is 2. The van der Waals surface area contributed by atoms with Gasteiger partial charge in [-0.25, -0.2) is 0 Å². The summed E-state index contributed by atoms with van der Waals surface area (Å²) in [5.74, 6) is 0. The van der Waals surface area contributed by atoms with Gasteiger partial charge in [-0.15, -0.1) is 0 Å². The van der Waals surface area contributed by atoms with Gasteiger partial charge in [0.25, 0.3) is 0 Å². The fraction of sp³-hybridized carbons (Fsp3) is 0.727. The van der Waals surface area contributed by atoms with Crippen LogP contribution in [-0.4, -0.2) is 22.5 Å². The zero-order chi connectivity index (χ0) is 10.3. The van der Waals surface area contributed by atoms with Gasteiger partial charge in [0.15, 0.2) is 0 Å². The standard InChI is InChI=1S/C11H18N2O/c1-7(2)13-9(4)11(8(3)12-13)5-10-6-14-10/h7,10H,5-6H2,1-4H3. The van der Waals surface area contributed by atoms with E-state index >= 15 is 0 Å². The molecule has 2 rings (SSSR count). The topological polar surface area (TPSA) is 30.4 Å². The van der Waals surface area contributed by atoms with E-state index in [1.807, 2.05) is 0 Å². The Bertz CT molecular complexity index is 337.